The zero-order valence-corrected chi connectivity index (χ0v) is 18.4. The molecule has 1 saturated heterocycles. The Bertz CT molecular complexity index is 1340. The molecule has 1 unspecified atom stereocenters. The fourth-order valence-corrected chi connectivity index (χ4v) is 4.02. The number of morpholine rings is 1. The molecule has 34 heavy (non-hydrogen) atoms. The van der Waals surface area contributed by atoms with Gasteiger partial charge in [0.05, 0.1) is 30.7 Å². The summed E-state index contributed by atoms with van der Waals surface area (Å²) in [5, 5.41) is 7.62. The van der Waals surface area contributed by atoms with E-state index in [0.717, 1.165) is 22.6 Å². The number of nitrogens with one attached hydrogen (secondary N) is 2. The van der Waals surface area contributed by atoms with Crippen LogP contribution >= 0.6 is 0 Å². The largest absolute Gasteiger partial charge is 0.398 e. The van der Waals surface area contributed by atoms with Crippen molar-refractivity contribution >= 4 is 23.3 Å². The Balaban J connectivity index is 1.39. The first kappa shape index (κ1) is 21.4. The van der Waals surface area contributed by atoms with Gasteiger partial charge in [-0.3, -0.25) is 5.41 Å². The van der Waals surface area contributed by atoms with Gasteiger partial charge in [0.1, 0.15) is 23.6 Å². The topological polar surface area (TPSA) is 169 Å². The average molecular weight is 456 g/mol. The third kappa shape index (κ3) is 4.26. The highest BCUT2D eigenvalue weighted by Crippen LogP contribution is 2.29. The summed E-state index contributed by atoms with van der Waals surface area (Å²) >= 11 is 0. The molecule has 3 heterocycles. The Morgan fingerprint density at radius 2 is 1.88 bits per heavy atom. The monoisotopic (exact) mass is 455 g/mol. The van der Waals surface area contributed by atoms with Crippen molar-refractivity contribution in [2.45, 2.75) is 6.10 Å². The number of H-pyrrole nitrogens is 1. The minimum absolute atomic E-state index is 0.0837. The normalized spacial score (nSPS) is 15.9. The van der Waals surface area contributed by atoms with Crippen molar-refractivity contribution in [3.8, 4) is 22.5 Å². The molecule has 172 valence electrons. The molecule has 10 heteroatoms. The number of aromatic nitrogens is 4. The van der Waals surface area contributed by atoms with Crippen LogP contribution < -0.4 is 22.1 Å². The lowest BCUT2D eigenvalue weighted by atomic mass is 10.1. The fourth-order valence-electron chi connectivity index (χ4n) is 4.02. The van der Waals surface area contributed by atoms with E-state index in [2.05, 4.69) is 24.8 Å². The van der Waals surface area contributed by atoms with Gasteiger partial charge in [-0.25, -0.2) is 9.97 Å². The zero-order valence-electron chi connectivity index (χ0n) is 18.4. The van der Waals surface area contributed by atoms with E-state index in [1.54, 1.807) is 12.1 Å². The molecule has 2 aromatic carbocycles. The lowest BCUT2D eigenvalue weighted by Gasteiger charge is -2.33. The highest BCUT2D eigenvalue weighted by Gasteiger charge is 2.26. The summed E-state index contributed by atoms with van der Waals surface area (Å²) in [6.07, 6.45) is 1.58. The lowest BCUT2D eigenvalue weighted by Crippen LogP contribution is -2.39. The van der Waals surface area contributed by atoms with Crippen LogP contribution in [0.3, 0.4) is 0 Å². The van der Waals surface area contributed by atoms with Gasteiger partial charge in [-0.05, 0) is 17.7 Å². The van der Waals surface area contributed by atoms with Crippen molar-refractivity contribution in [3.05, 3.63) is 72.2 Å². The zero-order chi connectivity index (χ0) is 23.7. The van der Waals surface area contributed by atoms with Crippen LogP contribution in [0.5, 0.6) is 0 Å². The first-order valence-electron chi connectivity index (χ1n) is 10.8. The second-order valence-electron chi connectivity index (χ2n) is 8.04. The number of hydrogen-bond acceptors (Lipinski definition) is 8. The second-order valence-corrected chi connectivity index (χ2v) is 8.04. The highest BCUT2D eigenvalue weighted by atomic mass is 16.5. The highest BCUT2D eigenvalue weighted by molar-refractivity contribution is 6.00. The number of imidazole rings is 1. The number of anilines is 3. The van der Waals surface area contributed by atoms with Gasteiger partial charge in [0.15, 0.2) is 0 Å². The molecule has 0 bridgehead atoms. The number of amidine groups is 1. The van der Waals surface area contributed by atoms with Crippen molar-refractivity contribution in [2.75, 3.05) is 36.1 Å². The SMILES string of the molecule is N=C(N)c1ccc(-c2cc(N3CCOC(c4ncc(-c5ccccc5)[nH]4)C3)nc(N)n2)cc1N. The first-order chi connectivity index (χ1) is 16.5. The third-order valence-electron chi connectivity index (χ3n) is 5.74. The lowest BCUT2D eigenvalue weighted by molar-refractivity contribution is 0.0343. The number of nitrogen functional groups attached to an aromatic ring is 3. The van der Waals surface area contributed by atoms with Gasteiger partial charge in [0.2, 0.25) is 5.95 Å². The van der Waals surface area contributed by atoms with Gasteiger partial charge >= 0.3 is 0 Å². The Morgan fingerprint density at radius 3 is 2.65 bits per heavy atom. The Morgan fingerprint density at radius 1 is 1.06 bits per heavy atom. The summed E-state index contributed by atoms with van der Waals surface area (Å²) in [6, 6.07) is 17.2. The Labute approximate surface area is 196 Å². The van der Waals surface area contributed by atoms with Crippen molar-refractivity contribution in [2.24, 2.45) is 5.73 Å². The van der Waals surface area contributed by atoms with Crippen LogP contribution in [0.15, 0.2) is 60.8 Å². The van der Waals surface area contributed by atoms with Crippen LogP contribution in [0, 0.1) is 5.41 Å². The number of hydrogen-bond donors (Lipinski definition) is 5. The predicted octanol–water partition coefficient (Wildman–Crippen LogP) is 2.56. The molecule has 2 aromatic heterocycles. The number of ether oxygens (including phenoxy) is 1. The standard InChI is InChI=1S/C24H25N9O/c25-17-10-15(6-7-16(17)22(26)27)18-11-21(32-24(28)31-18)33-8-9-34-20(13-33)23-29-12-19(30-23)14-4-2-1-3-5-14/h1-7,10-12,20H,8-9,13,25H2,(H3,26,27)(H,29,30)(H2,28,31,32). The van der Waals surface area contributed by atoms with Crippen LogP contribution in [0.4, 0.5) is 17.5 Å². The Hall–Kier alpha value is -4.44. The molecule has 0 saturated carbocycles. The molecule has 8 N–H and O–H groups in total. The van der Waals surface area contributed by atoms with E-state index in [9.17, 15) is 0 Å². The van der Waals surface area contributed by atoms with Crippen LogP contribution in [-0.2, 0) is 4.74 Å². The van der Waals surface area contributed by atoms with Crippen molar-refractivity contribution in [3.63, 3.8) is 0 Å². The quantitative estimate of drug-likeness (QED) is 0.174. The summed E-state index contributed by atoms with van der Waals surface area (Å²) in [5.74, 6) is 1.53. The molecule has 0 radical (unpaired) electrons. The van der Waals surface area contributed by atoms with Crippen molar-refractivity contribution in [1.29, 1.82) is 5.41 Å². The van der Waals surface area contributed by atoms with Gasteiger partial charge < -0.3 is 31.8 Å². The number of nitrogens with zero attached hydrogens (tertiary/aromatic N) is 4. The van der Waals surface area contributed by atoms with Crippen molar-refractivity contribution < 1.29 is 4.74 Å². The van der Waals surface area contributed by atoms with Crippen LogP contribution in [0.1, 0.15) is 17.5 Å². The summed E-state index contributed by atoms with van der Waals surface area (Å²) in [5.41, 5.74) is 22.0. The van der Waals surface area contributed by atoms with Gasteiger partial charge in [-0.15, -0.1) is 0 Å². The molecule has 0 aliphatic carbocycles. The molecule has 0 spiro atoms. The molecule has 1 aliphatic rings. The van der Waals surface area contributed by atoms with E-state index in [-0.39, 0.29) is 17.9 Å². The summed E-state index contributed by atoms with van der Waals surface area (Å²) in [7, 11) is 0. The molecule has 1 fully saturated rings. The second kappa shape index (κ2) is 8.83. The third-order valence-corrected chi connectivity index (χ3v) is 5.74. The fraction of sp³-hybridized carbons (Fsp3) is 0.167. The predicted molar refractivity (Wildman–Crippen MR) is 132 cm³/mol. The van der Waals surface area contributed by atoms with Gasteiger partial charge in [0.25, 0.3) is 0 Å². The van der Waals surface area contributed by atoms with Gasteiger partial charge in [0, 0.05) is 29.4 Å². The number of benzene rings is 2. The van der Waals surface area contributed by atoms with E-state index < -0.39 is 0 Å². The summed E-state index contributed by atoms with van der Waals surface area (Å²) in [6.45, 7) is 1.73. The molecular weight excluding hydrogens is 430 g/mol. The smallest absolute Gasteiger partial charge is 0.222 e. The van der Waals surface area contributed by atoms with E-state index in [1.165, 1.54) is 0 Å². The van der Waals surface area contributed by atoms with Crippen LogP contribution in [0.25, 0.3) is 22.5 Å². The maximum Gasteiger partial charge on any atom is 0.222 e. The molecule has 0 amide bonds. The van der Waals surface area contributed by atoms with E-state index >= 15 is 0 Å². The van der Waals surface area contributed by atoms with Gasteiger partial charge in [-0.2, -0.15) is 4.98 Å². The van der Waals surface area contributed by atoms with E-state index in [4.69, 9.17) is 27.3 Å². The number of rotatable bonds is 5. The molecule has 4 aromatic rings. The number of aromatic amines is 1. The molecule has 1 aliphatic heterocycles. The maximum atomic E-state index is 7.62. The molecule has 1 atom stereocenters. The maximum absolute atomic E-state index is 7.62. The first-order valence-corrected chi connectivity index (χ1v) is 10.8. The van der Waals surface area contributed by atoms with Gasteiger partial charge in [-0.1, -0.05) is 36.4 Å². The Kier molecular flexibility index (Phi) is 5.56. The van der Waals surface area contributed by atoms with E-state index in [0.29, 0.717) is 42.5 Å². The van der Waals surface area contributed by atoms with Crippen molar-refractivity contribution in [1.82, 2.24) is 19.9 Å². The molecular formula is C24H25N9O. The molecule has 5 rings (SSSR count). The summed E-state index contributed by atoms with van der Waals surface area (Å²) in [4.78, 5) is 18.9. The average Bonchev–Trinajstić information content (AvgIpc) is 3.34. The number of nitrogens with two attached hydrogens (primary N) is 3. The summed E-state index contributed by atoms with van der Waals surface area (Å²) < 4.78 is 6.00. The molecule has 10 nitrogen and oxygen atoms in total. The van der Waals surface area contributed by atoms with Crippen LogP contribution in [0.2, 0.25) is 0 Å². The van der Waals surface area contributed by atoms with Crippen LogP contribution in [-0.4, -0.2) is 45.5 Å². The van der Waals surface area contributed by atoms with E-state index in [1.807, 2.05) is 48.7 Å². The minimum Gasteiger partial charge on any atom is -0.398 e. The minimum atomic E-state index is -0.239.